The molecule has 0 fully saturated rings. The number of pyridine rings is 1. The van der Waals surface area contributed by atoms with Crippen LogP contribution in [0.3, 0.4) is 0 Å². The summed E-state index contributed by atoms with van der Waals surface area (Å²) in [7, 11) is 0. The predicted octanol–water partition coefficient (Wildman–Crippen LogP) is 1.18. The van der Waals surface area contributed by atoms with Gasteiger partial charge in [0.15, 0.2) is 11.6 Å². The minimum Gasteiger partial charge on any atom is -0.308 e. The Hall–Kier alpha value is -1.45. The fourth-order valence-electron chi connectivity index (χ4n) is 0.644. The molecule has 0 unspecified atom stereocenters. The topological polar surface area (TPSA) is 42.0 Å². The van der Waals surface area contributed by atoms with Gasteiger partial charge in [0.25, 0.3) is 0 Å². The van der Waals surface area contributed by atoms with Gasteiger partial charge in [-0.05, 0) is 12.1 Å². The molecular formula is C7H7FN2O. The van der Waals surface area contributed by atoms with E-state index < -0.39 is 5.82 Å². The minimum atomic E-state index is -0.525. The summed E-state index contributed by atoms with van der Waals surface area (Å²) in [5, 5.41) is 2.25. The Morgan fingerprint density at radius 3 is 3.00 bits per heavy atom. The number of nitrogens with zero attached hydrogens (tertiary/aromatic N) is 1. The normalized spacial score (nSPS) is 9.27. The number of nitrogens with one attached hydrogen (secondary N) is 1. The number of amides is 1. The van der Waals surface area contributed by atoms with Gasteiger partial charge in [0.1, 0.15) is 0 Å². The predicted molar refractivity (Wildman–Crippen MR) is 38.5 cm³/mol. The number of anilines is 1. The zero-order chi connectivity index (χ0) is 8.27. The second-order valence-corrected chi connectivity index (χ2v) is 2.02. The third-order valence-electron chi connectivity index (χ3n) is 1.05. The van der Waals surface area contributed by atoms with Crippen molar-refractivity contribution in [2.75, 3.05) is 5.32 Å². The fourth-order valence-corrected chi connectivity index (χ4v) is 0.644. The van der Waals surface area contributed by atoms with Crippen LogP contribution in [0.4, 0.5) is 10.2 Å². The molecule has 1 aromatic heterocycles. The first-order chi connectivity index (χ1) is 5.20. The molecule has 0 bridgehead atoms. The van der Waals surface area contributed by atoms with E-state index in [2.05, 4.69) is 10.3 Å². The van der Waals surface area contributed by atoms with Gasteiger partial charge in [0.2, 0.25) is 5.91 Å². The molecule has 1 amide bonds. The number of aromatic nitrogens is 1. The van der Waals surface area contributed by atoms with Crippen LogP contribution in [0.1, 0.15) is 6.92 Å². The SMILES string of the molecule is CC(=O)Nc1ncccc1F. The van der Waals surface area contributed by atoms with Crippen LogP contribution in [-0.2, 0) is 4.79 Å². The summed E-state index contributed by atoms with van der Waals surface area (Å²) in [6.07, 6.45) is 1.41. The molecule has 11 heavy (non-hydrogen) atoms. The lowest BCUT2D eigenvalue weighted by molar-refractivity contribution is -0.114. The van der Waals surface area contributed by atoms with Crippen molar-refractivity contribution < 1.29 is 9.18 Å². The molecule has 3 nitrogen and oxygen atoms in total. The van der Waals surface area contributed by atoms with E-state index in [0.717, 1.165) is 0 Å². The minimum absolute atomic E-state index is 0.0278. The van der Waals surface area contributed by atoms with Crippen LogP contribution in [0.15, 0.2) is 18.3 Å². The van der Waals surface area contributed by atoms with Crippen molar-refractivity contribution in [3.05, 3.63) is 24.1 Å². The van der Waals surface area contributed by atoms with Gasteiger partial charge in [-0.3, -0.25) is 4.79 Å². The first kappa shape index (κ1) is 7.65. The number of hydrogen-bond donors (Lipinski definition) is 1. The summed E-state index contributed by atoms with van der Waals surface area (Å²) in [5.41, 5.74) is 0. The van der Waals surface area contributed by atoms with Gasteiger partial charge in [0, 0.05) is 13.1 Å². The van der Waals surface area contributed by atoms with Crippen LogP contribution >= 0.6 is 0 Å². The molecule has 1 rings (SSSR count). The average Bonchev–Trinajstić information content (AvgIpc) is 1.93. The Bertz CT molecular complexity index is 275. The standard InChI is InChI=1S/C7H7FN2O/c1-5(11)10-7-6(8)3-2-4-9-7/h2-4H,1H3,(H,9,10,11). The van der Waals surface area contributed by atoms with Gasteiger partial charge in [-0.15, -0.1) is 0 Å². The Kier molecular flexibility index (Phi) is 2.15. The maximum absolute atomic E-state index is 12.7. The maximum atomic E-state index is 12.7. The monoisotopic (exact) mass is 154 g/mol. The molecule has 0 aliphatic rings. The number of rotatable bonds is 1. The van der Waals surface area contributed by atoms with Crippen molar-refractivity contribution in [1.82, 2.24) is 4.98 Å². The number of halogens is 1. The molecule has 0 aromatic carbocycles. The van der Waals surface area contributed by atoms with Crippen LogP contribution in [0.2, 0.25) is 0 Å². The first-order valence-corrected chi connectivity index (χ1v) is 3.08. The summed E-state index contributed by atoms with van der Waals surface area (Å²) in [4.78, 5) is 14.1. The molecule has 58 valence electrons. The lowest BCUT2D eigenvalue weighted by Gasteiger charge is -1.99. The second kappa shape index (κ2) is 3.09. The van der Waals surface area contributed by atoms with Crippen LogP contribution < -0.4 is 5.32 Å². The van der Waals surface area contributed by atoms with Crippen molar-refractivity contribution in [2.45, 2.75) is 6.92 Å². The highest BCUT2D eigenvalue weighted by Crippen LogP contribution is 2.07. The van der Waals surface area contributed by atoms with Gasteiger partial charge < -0.3 is 5.32 Å². The smallest absolute Gasteiger partial charge is 0.222 e. The summed E-state index contributed by atoms with van der Waals surface area (Å²) in [5.74, 6) is -0.884. The van der Waals surface area contributed by atoms with E-state index in [1.807, 2.05) is 0 Å². The van der Waals surface area contributed by atoms with Gasteiger partial charge in [-0.1, -0.05) is 0 Å². The number of hydrogen-bond acceptors (Lipinski definition) is 2. The van der Waals surface area contributed by atoms with E-state index >= 15 is 0 Å². The lowest BCUT2D eigenvalue weighted by atomic mass is 10.4. The van der Waals surface area contributed by atoms with E-state index in [0.29, 0.717) is 0 Å². The summed E-state index contributed by atoms with van der Waals surface area (Å²) < 4.78 is 12.7. The zero-order valence-corrected chi connectivity index (χ0v) is 5.97. The van der Waals surface area contributed by atoms with E-state index in [1.54, 1.807) is 0 Å². The van der Waals surface area contributed by atoms with Gasteiger partial charge >= 0.3 is 0 Å². The number of carbonyl (C=O) groups is 1. The van der Waals surface area contributed by atoms with Crippen molar-refractivity contribution in [3.63, 3.8) is 0 Å². The highest BCUT2D eigenvalue weighted by atomic mass is 19.1. The molecular weight excluding hydrogens is 147 g/mol. The molecule has 0 saturated heterocycles. The van der Waals surface area contributed by atoms with Crippen LogP contribution in [-0.4, -0.2) is 10.9 Å². The Balaban J connectivity index is 2.86. The molecule has 1 heterocycles. The highest BCUT2D eigenvalue weighted by molar-refractivity contribution is 5.87. The largest absolute Gasteiger partial charge is 0.308 e. The molecule has 0 aliphatic heterocycles. The lowest BCUT2D eigenvalue weighted by Crippen LogP contribution is -2.08. The maximum Gasteiger partial charge on any atom is 0.222 e. The number of carbonyl (C=O) groups excluding carboxylic acids is 1. The summed E-state index contributed by atoms with van der Waals surface area (Å²) >= 11 is 0. The van der Waals surface area contributed by atoms with Gasteiger partial charge in [0.05, 0.1) is 0 Å². The molecule has 0 radical (unpaired) electrons. The Morgan fingerprint density at radius 1 is 1.73 bits per heavy atom. The van der Waals surface area contributed by atoms with E-state index in [4.69, 9.17) is 0 Å². The van der Waals surface area contributed by atoms with Crippen molar-refractivity contribution in [3.8, 4) is 0 Å². The zero-order valence-electron chi connectivity index (χ0n) is 5.97. The van der Waals surface area contributed by atoms with E-state index in [-0.39, 0.29) is 11.7 Å². The van der Waals surface area contributed by atoms with Crippen molar-refractivity contribution in [2.24, 2.45) is 0 Å². The van der Waals surface area contributed by atoms with Crippen LogP contribution in [0.25, 0.3) is 0 Å². The summed E-state index contributed by atoms with van der Waals surface area (Å²) in [6, 6.07) is 2.69. The average molecular weight is 154 g/mol. The quantitative estimate of drug-likeness (QED) is 0.659. The van der Waals surface area contributed by atoms with Gasteiger partial charge in [-0.25, -0.2) is 9.37 Å². The van der Waals surface area contributed by atoms with Crippen molar-refractivity contribution in [1.29, 1.82) is 0 Å². The molecule has 4 heteroatoms. The molecule has 0 spiro atoms. The third-order valence-corrected chi connectivity index (χ3v) is 1.05. The highest BCUT2D eigenvalue weighted by Gasteiger charge is 2.01. The third kappa shape index (κ3) is 2.00. The molecule has 0 aliphatic carbocycles. The molecule has 0 saturated carbocycles. The molecule has 1 N–H and O–H groups in total. The van der Waals surface area contributed by atoms with Gasteiger partial charge in [-0.2, -0.15) is 0 Å². The molecule has 1 aromatic rings. The Labute approximate surface area is 63.3 Å². The second-order valence-electron chi connectivity index (χ2n) is 2.02. The van der Waals surface area contributed by atoms with Crippen molar-refractivity contribution >= 4 is 11.7 Å². The van der Waals surface area contributed by atoms with Crippen LogP contribution in [0.5, 0.6) is 0 Å². The van der Waals surface area contributed by atoms with E-state index in [1.165, 1.54) is 25.3 Å². The van der Waals surface area contributed by atoms with Crippen LogP contribution in [0, 0.1) is 5.82 Å². The molecule has 0 atom stereocenters. The fraction of sp³-hybridized carbons (Fsp3) is 0.143. The van der Waals surface area contributed by atoms with E-state index in [9.17, 15) is 9.18 Å². The summed E-state index contributed by atoms with van der Waals surface area (Å²) in [6.45, 7) is 1.30. The first-order valence-electron chi connectivity index (χ1n) is 3.08. The Morgan fingerprint density at radius 2 is 2.45 bits per heavy atom.